The molecule has 0 aromatic heterocycles. The van der Waals surface area contributed by atoms with Crippen molar-refractivity contribution in [3.8, 4) is 0 Å². The van der Waals surface area contributed by atoms with Crippen LogP contribution in [0.1, 0.15) is 0 Å². The molecule has 0 spiro atoms. The van der Waals surface area contributed by atoms with Crippen molar-refractivity contribution in [3.05, 3.63) is 22.1 Å². The Balaban J connectivity index is 3.84. The van der Waals surface area contributed by atoms with Crippen molar-refractivity contribution in [1.82, 2.24) is 10.6 Å². The van der Waals surface area contributed by atoms with E-state index in [-0.39, 0.29) is 0 Å². The topological polar surface area (TPSA) is 67.2 Å². The SMILES string of the molecule is CN/C(=C\[N+](=O)[O-])NCCS. The van der Waals surface area contributed by atoms with E-state index in [1.165, 1.54) is 0 Å². The summed E-state index contributed by atoms with van der Waals surface area (Å²) >= 11 is 3.94. The molecule has 0 aromatic rings. The molecule has 11 heavy (non-hydrogen) atoms. The number of rotatable bonds is 5. The molecule has 6 heteroatoms. The Labute approximate surface area is 70.4 Å². The molecule has 2 N–H and O–H groups in total. The molecule has 0 atom stereocenters. The molecule has 0 heterocycles. The third-order valence-electron chi connectivity index (χ3n) is 0.931. The Kier molecular flexibility index (Phi) is 5.36. The van der Waals surface area contributed by atoms with Crippen LogP contribution in [-0.4, -0.2) is 24.3 Å². The fourth-order valence-electron chi connectivity index (χ4n) is 0.495. The molecule has 0 unspecified atom stereocenters. The van der Waals surface area contributed by atoms with Gasteiger partial charge in [0.1, 0.15) is 0 Å². The van der Waals surface area contributed by atoms with Gasteiger partial charge in [-0.1, -0.05) is 0 Å². The van der Waals surface area contributed by atoms with E-state index in [1.807, 2.05) is 0 Å². The Morgan fingerprint density at radius 3 is 2.82 bits per heavy atom. The highest BCUT2D eigenvalue weighted by Crippen LogP contribution is 1.82. The molecule has 0 saturated carbocycles. The Morgan fingerprint density at radius 1 is 1.82 bits per heavy atom. The average Bonchev–Trinajstić information content (AvgIpc) is 1.97. The zero-order chi connectivity index (χ0) is 8.69. The summed E-state index contributed by atoms with van der Waals surface area (Å²) in [5, 5.41) is 15.4. The van der Waals surface area contributed by atoms with Crippen LogP contribution >= 0.6 is 12.6 Å². The number of nitrogens with zero attached hydrogens (tertiary/aromatic N) is 1. The van der Waals surface area contributed by atoms with Crippen LogP contribution in [0.15, 0.2) is 12.0 Å². The zero-order valence-electron chi connectivity index (χ0n) is 6.20. The van der Waals surface area contributed by atoms with Crippen LogP contribution in [0, 0.1) is 10.1 Å². The first-order valence-electron chi connectivity index (χ1n) is 3.08. The predicted molar refractivity (Wildman–Crippen MR) is 46.0 cm³/mol. The summed E-state index contributed by atoms with van der Waals surface area (Å²) in [6.45, 7) is 0.601. The van der Waals surface area contributed by atoms with Gasteiger partial charge in [-0.2, -0.15) is 12.6 Å². The normalized spacial score (nSPS) is 10.9. The van der Waals surface area contributed by atoms with E-state index in [2.05, 4.69) is 23.3 Å². The van der Waals surface area contributed by atoms with E-state index in [9.17, 15) is 10.1 Å². The molecular weight excluding hydrogens is 166 g/mol. The van der Waals surface area contributed by atoms with Crippen LogP contribution in [-0.2, 0) is 0 Å². The van der Waals surface area contributed by atoms with Gasteiger partial charge >= 0.3 is 0 Å². The average molecular weight is 177 g/mol. The minimum atomic E-state index is -0.517. The van der Waals surface area contributed by atoms with Crippen molar-refractivity contribution in [2.75, 3.05) is 19.3 Å². The fourth-order valence-corrected chi connectivity index (χ4v) is 0.606. The zero-order valence-corrected chi connectivity index (χ0v) is 7.10. The van der Waals surface area contributed by atoms with Crippen LogP contribution < -0.4 is 10.6 Å². The van der Waals surface area contributed by atoms with E-state index in [1.54, 1.807) is 7.05 Å². The Morgan fingerprint density at radius 2 is 2.45 bits per heavy atom. The van der Waals surface area contributed by atoms with Crippen molar-refractivity contribution in [2.45, 2.75) is 0 Å². The van der Waals surface area contributed by atoms with Gasteiger partial charge < -0.3 is 10.6 Å². The molecule has 0 rings (SSSR count). The summed E-state index contributed by atoms with van der Waals surface area (Å²) in [6, 6.07) is 0. The lowest BCUT2D eigenvalue weighted by Crippen LogP contribution is -2.25. The van der Waals surface area contributed by atoms with Gasteiger partial charge in [0.2, 0.25) is 0 Å². The summed E-state index contributed by atoms with van der Waals surface area (Å²) in [6.07, 6.45) is 0.878. The van der Waals surface area contributed by atoms with Crippen molar-refractivity contribution in [1.29, 1.82) is 0 Å². The predicted octanol–water partition coefficient (Wildman–Crippen LogP) is -0.199. The highest BCUT2D eigenvalue weighted by molar-refractivity contribution is 7.80. The number of nitro groups is 1. The van der Waals surface area contributed by atoms with Crippen molar-refractivity contribution in [2.24, 2.45) is 0 Å². The smallest absolute Gasteiger partial charge is 0.274 e. The molecule has 0 amide bonds. The van der Waals surface area contributed by atoms with Gasteiger partial charge in [0, 0.05) is 19.3 Å². The first kappa shape index (κ1) is 10.1. The Hall–Kier alpha value is -0.910. The molecule has 0 radical (unpaired) electrons. The minimum Gasteiger partial charge on any atom is -0.370 e. The first-order chi connectivity index (χ1) is 5.20. The van der Waals surface area contributed by atoms with Crippen LogP contribution in [0.2, 0.25) is 0 Å². The van der Waals surface area contributed by atoms with Gasteiger partial charge in [0.15, 0.2) is 5.82 Å². The maximum Gasteiger partial charge on any atom is 0.274 e. The second-order valence-electron chi connectivity index (χ2n) is 1.73. The molecule has 0 bridgehead atoms. The lowest BCUT2D eigenvalue weighted by Gasteiger charge is -2.04. The Bertz CT molecular complexity index is 160. The van der Waals surface area contributed by atoms with Gasteiger partial charge in [-0.3, -0.25) is 10.1 Å². The summed E-state index contributed by atoms with van der Waals surface area (Å²) in [7, 11) is 1.61. The first-order valence-corrected chi connectivity index (χ1v) is 3.71. The highest BCUT2D eigenvalue weighted by Gasteiger charge is 1.96. The van der Waals surface area contributed by atoms with Gasteiger partial charge in [0.25, 0.3) is 6.20 Å². The standard InChI is InChI=1S/C5H11N3O2S/c1-6-5(4-8(9)10)7-2-3-11/h4,6-7,11H,2-3H2,1H3/b5-4+. The molecule has 0 aromatic carbocycles. The number of nitrogens with one attached hydrogen (secondary N) is 2. The van der Waals surface area contributed by atoms with Gasteiger partial charge in [-0.15, -0.1) is 0 Å². The summed E-state index contributed by atoms with van der Waals surface area (Å²) in [4.78, 5) is 9.45. The van der Waals surface area contributed by atoms with Crippen molar-refractivity contribution >= 4 is 12.6 Å². The summed E-state index contributed by atoms with van der Waals surface area (Å²) in [5.41, 5.74) is 0. The molecule has 5 nitrogen and oxygen atoms in total. The van der Waals surface area contributed by atoms with Crippen LogP contribution in [0.3, 0.4) is 0 Å². The fraction of sp³-hybridized carbons (Fsp3) is 0.600. The summed E-state index contributed by atoms with van der Waals surface area (Å²) < 4.78 is 0. The third-order valence-corrected chi connectivity index (χ3v) is 1.15. The molecule has 0 aliphatic heterocycles. The monoisotopic (exact) mass is 177 g/mol. The lowest BCUT2D eigenvalue weighted by molar-refractivity contribution is -0.404. The molecule has 0 aliphatic carbocycles. The lowest BCUT2D eigenvalue weighted by atomic mass is 10.6. The van der Waals surface area contributed by atoms with Gasteiger partial charge in [-0.25, -0.2) is 0 Å². The van der Waals surface area contributed by atoms with Crippen LogP contribution in [0.4, 0.5) is 0 Å². The number of hydrogen-bond acceptors (Lipinski definition) is 5. The quantitative estimate of drug-likeness (QED) is 0.309. The molecule has 0 aliphatic rings. The molecule has 0 saturated heterocycles. The van der Waals surface area contributed by atoms with E-state index in [0.29, 0.717) is 18.1 Å². The second kappa shape index (κ2) is 5.84. The number of thiol groups is 1. The summed E-state index contributed by atoms with van der Waals surface area (Å²) in [5.74, 6) is 1.03. The second-order valence-corrected chi connectivity index (χ2v) is 2.18. The molecule has 0 fully saturated rings. The van der Waals surface area contributed by atoms with Crippen LogP contribution in [0.25, 0.3) is 0 Å². The maximum absolute atomic E-state index is 9.96. The maximum atomic E-state index is 9.96. The van der Waals surface area contributed by atoms with Crippen molar-refractivity contribution in [3.63, 3.8) is 0 Å². The van der Waals surface area contributed by atoms with Gasteiger partial charge in [0.05, 0.1) is 4.92 Å². The van der Waals surface area contributed by atoms with Crippen LogP contribution in [0.5, 0.6) is 0 Å². The van der Waals surface area contributed by atoms with E-state index in [0.717, 1.165) is 6.20 Å². The van der Waals surface area contributed by atoms with E-state index < -0.39 is 4.92 Å². The van der Waals surface area contributed by atoms with E-state index >= 15 is 0 Å². The molecular formula is C5H11N3O2S. The highest BCUT2D eigenvalue weighted by atomic mass is 32.1. The van der Waals surface area contributed by atoms with Crippen molar-refractivity contribution < 1.29 is 4.92 Å². The number of hydrogen-bond donors (Lipinski definition) is 3. The van der Waals surface area contributed by atoms with E-state index in [4.69, 9.17) is 0 Å². The van der Waals surface area contributed by atoms with Gasteiger partial charge in [-0.05, 0) is 0 Å². The molecule has 64 valence electrons. The third kappa shape index (κ3) is 5.53. The minimum absolute atomic E-state index is 0.393. The largest absolute Gasteiger partial charge is 0.370 e.